The number of carboxylic acid groups (broad SMARTS) is 1. The van der Waals surface area contributed by atoms with Crippen LogP contribution in [-0.2, 0) is 14.4 Å². The fraction of sp³-hybridized carbons (Fsp3) is 0.438. The lowest BCUT2D eigenvalue weighted by molar-refractivity contribution is -0.140. The molecule has 0 bridgehead atoms. The number of rotatable bonds is 6. The molecule has 122 valence electrons. The largest absolute Gasteiger partial charge is 0.482 e. The average molecular weight is 318 g/mol. The first-order valence-corrected chi connectivity index (χ1v) is 7.60. The highest BCUT2D eigenvalue weighted by Gasteiger charge is 2.48. The number of carbonyl (C=O) groups is 3. The van der Waals surface area contributed by atoms with Gasteiger partial charge in [-0.2, -0.15) is 0 Å². The maximum atomic E-state index is 12.0. The molecule has 7 heteroatoms. The molecular weight excluding hydrogens is 300 g/mol. The van der Waals surface area contributed by atoms with E-state index in [0.717, 1.165) is 5.69 Å². The summed E-state index contributed by atoms with van der Waals surface area (Å²) in [6, 6.07) is 7.33. The highest BCUT2D eigenvalue weighted by Crippen LogP contribution is 2.38. The van der Waals surface area contributed by atoms with Crippen molar-refractivity contribution in [1.29, 1.82) is 0 Å². The van der Waals surface area contributed by atoms with Crippen LogP contribution in [-0.4, -0.2) is 42.6 Å². The van der Waals surface area contributed by atoms with E-state index in [0.29, 0.717) is 31.7 Å². The molecule has 1 aliphatic heterocycles. The Hall–Kier alpha value is -2.57. The second kappa shape index (κ2) is 6.28. The minimum Gasteiger partial charge on any atom is -0.482 e. The summed E-state index contributed by atoms with van der Waals surface area (Å²) in [6.45, 7) is 0.909. The van der Waals surface area contributed by atoms with E-state index in [1.165, 1.54) is 0 Å². The van der Waals surface area contributed by atoms with Crippen molar-refractivity contribution in [1.82, 2.24) is 5.32 Å². The number of hydrogen-bond acceptors (Lipinski definition) is 4. The molecule has 1 aromatic rings. The summed E-state index contributed by atoms with van der Waals surface area (Å²) >= 11 is 0. The molecule has 0 saturated heterocycles. The van der Waals surface area contributed by atoms with Crippen LogP contribution in [0.2, 0.25) is 0 Å². The third kappa shape index (κ3) is 3.28. The summed E-state index contributed by atoms with van der Waals surface area (Å²) < 4.78 is 5.37. The van der Waals surface area contributed by atoms with Crippen molar-refractivity contribution < 1.29 is 24.2 Å². The van der Waals surface area contributed by atoms with E-state index in [2.05, 4.69) is 5.32 Å². The number of aliphatic carboxylic acids is 1. The normalized spacial score (nSPS) is 22.1. The van der Waals surface area contributed by atoms with E-state index in [9.17, 15) is 14.4 Å². The lowest BCUT2D eigenvalue weighted by atomic mass is 10.2. The standard InChI is InChI=1S/C16H18N2O5/c19-14-9-23-13-5-2-1-4-12(13)18(14)7-3-6-17-15(20)10-8-11(10)16(21)22/h1-2,4-5,10-11H,3,6-9H2,(H,17,20)(H,21,22). The highest BCUT2D eigenvalue weighted by atomic mass is 16.5. The Labute approximate surface area is 133 Å². The van der Waals surface area contributed by atoms with Gasteiger partial charge in [0.25, 0.3) is 5.91 Å². The van der Waals surface area contributed by atoms with Crippen molar-refractivity contribution in [2.24, 2.45) is 11.8 Å². The number of para-hydroxylation sites is 2. The molecule has 1 fully saturated rings. The number of nitrogens with one attached hydrogen (secondary N) is 1. The second-order valence-corrected chi connectivity index (χ2v) is 5.73. The van der Waals surface area contributed by atoms with Gasteiger partial charge in [0.1, 0.15) is 5.75 Å². The van der Waals surface area contributed by atoms with Crippen molar-refractivity contribution >= 4 is 23.5 Å². The number of fused-ring (bicyclic) bond motifs is 1. The van der Waals surface area contributed by atoms with Crippen LogP contribution >= 0.6 is 0 Å². The van der Waals surface area contributed by atoms with Crippen LogP contribution in [0.3, 0.4) is 0 Å². The summed E-state index contributed by atoms with van der Waals surface area (Å²) in [7, 11) is 0. The van der Waals surface area contributed by atoms with Crippen LogP contribution in [0.5, 0.6) is 5.75 Å². The summed E-state index contributed by atoms with van der Waals surface area (Å²) in [6.07, 6.45) is 1.01. The van der Waals surface area contributed by atoms with Crippen molar-refractivity contribution in [3.63, 3.8) is 0 Å². The van der Waals surface area contributed by atoms with E-state index in [1.807, 2.05) is 24.3 Å². The first kappa shape index (κ1) is 15.3. The minimum absolute atomic E-state index is 0.0196. The van der Waals surface area contributed by atoms with Crippen molar-refractivity contribution in [3.8, 4) is 5.75 Å². The maximum absolute atomic E-state index is 12.0. The molecule has 0 aromatic heterocycles. The molecular formula is C16H18N2O5. The zero-order valence-electron chi connectivity index (χ0n) is 12.5. The monoisotopic (exact) mass is 318 g/mol. The van der Waals surface area contributed by atoms with Gasteiger partial charge in [0.2, 0.25) is 5.91 Å². The van der Waals surface area contributed by atoms with Gasteiger partial charge >= 0.3 is 5.97 Å². The summed E-state index contributed by atoms with van der Waals surface area (Å²) in [5.41, 5.74) is 0.739. The topological polar surface area (TPSA) is 95.9 Å². The number of hydrogen-bond donors (Lipinski definition) is 2. The summed E-state index contributed by atoms with van der Waals surface area (Å²) in [5.74, 6) is -1.51. The number of benzene rings is 1. The van der Waals surface area contributed by atoms with Crippen LogP contribution in [0.1, 0.15) is 12.8 Å². The average Bonchev–Trinajstić information content (AvgIpc) is 3.34. The molecule has 1 aliphatic carbocycles. The summed E-state index contributed by atoms with van der Waals surface area (Å²) in [4.78, 5) is 36.1. The van der Waals surface area contributed by atoms with Crippen LogP contribution in [0.25, 0.3) is 0 Å². The Bertz CT molecular complexity index is 645. The van der Waals surface area contributed by atoms with Gasteiger partial charge in [-0.05, 0) is 25.0 Å². The molecule has 1 saturated carbocycles. The first-order valence-electron chi connectivity index (χ1n) is 7.60. The Morgan fingerprint density at radius 2 is 2.09 bits per heavy atom. The zero-order valence-corrected chi connectivity index (χ0v) is 12.5. The third-order valence-electron chi connectivity index (χ3n) is 4.11. The molecule has 2 aliphatic rings. The van der Waals surface area contributed by atoms with Crippen LogP contribution in [0, 0.1) is 11.8 Å². The van der Waals surface area contributed by atoms with E-state index in [1.54, 1.807) is 4.90 Å². The van der Waals surface area contributed by atoms with E-state index in [4.69, 9.17) is 9.84 Å². The number of ether oxygens (including phenoxy) is 1. The van der Waals surface area contributed by atoms with Gasteiger partial charge in [-0.25, -0.2) is 0 Å². The van der Waals surface area contributed by atoms with Crippen molar-refractivity contribution in [2.45, 2.75) is 12.8 Å². The number of carbonyl (C=O) groups excluding carboxylic acids is 2. The van der Waals surface area contributed by atoms with Gasteiger partial charge in [-0.3, -0.25) is 14.4 Å². The third-order valence-corrected chi connectivity index (χ3v) is 4.11. The van der Waals surface area contributed by atoms with Crippen molar-refractivity contribution in [2.75, 3.05) is 24.6 Å². The number of nitrogens with zero attached hydrogens (tertiary/aromatic N) is 1. The van der Waals surface area contributed by atoms with Gasteiger partial charge in [0, 0.05) is 13.1 Å². The molecule has 1 aromatic carbocycles. The Morgan fingerprint density at radius 3 is 2.83 bits per heavy atom. The second-order valence-electron chi connectivity index (χ2n) is 5.73. The number of carboxylic acids is 1. The van der Waals surface area contributed by atoms with Gasteiger partial charge in [-0.1, -0.05) is 12.1 Å². The lowest BCUT2D eigenvalue weighted by Crippen LogP contribution is -2.40. The van der Waals surface area contributed by atoms with Gasteiger partial charge in [0.15, 0.2) is 6.61 Å². The van der Waals surface area contributed by atoms with Crippen molar-refractivity contribution in [3.05, 3.63) is 24.3 Å². The van der Waals surface area contributed by atoms with Crippen LogP contribution in [0.4, 0.5) is 5.69 Å². The molecule has 0 spiro atoms. The smallest absolute Gasteiger partial charge is 0.307 e. The molecule has 2 N–H and O–H groups in total. The minimum atomic E-state index is -0.916. The van der Waals surface area contributed by atoms with E-state index in [-0.39, 0.29) is 18.4 Å². The molecule has 2 atom stereocenters. The lowest BCUT2D eigenvalue weighted by Gasteiger charge is -2.29. The fourth-order valence-corrected chi connectivity index (χ4v) is 2.74. The molecule has 3 rings (SSSR count). The number of anilines is 1. The van der Waals surface area contributed by atoms with E-state index >= 15 is 0 Å². The molecule has 2 unspecified atom stereocenters. The Kier molecular flexibility index (Phi) is 4.18. The molecule has 0 radical (unpaired) electrons. The maximum Gasteiger partial charge on any atom is 0.307 e. The number of amides is 2. The SMILES string of the molecule is O=C(O)C1CC1C(=O)NCCCN1C(=O)COc2ccccc21. The fourth-order valence-electron chi connectivity index (χ4n) is 2.74. The van der Waals surface area contributed by atoms with Crippen LogP contribution in [0.15, 0.2) is 24.3 Å². The molecule has 23 heavy (non-hydrogen) atoms. The zero-order chi connectivity index (χ0) is 16.4. The predicted molar refractivity (Wildman–Crippen MR) is 81.1 cm³/mol. The molecule has 7 nitrogen and oxygen atoms in total. The van der Waals surface area contributed by atoms with E-state index < -0.39 is 17.8 Å². The van der Waals surface area contributed by atoms with Gasteiger partial charge in [0.05, 0.1) is 17.5 Å². The summed E-state index contributed by atoms with van der Waals surface area (Å²) in [5, 5.41) is 11.5. The van der Waals surface area contributed by atoms with Gasteiger partial charge in [-0.15, -0.1) is 0 Å². The Balaban J connectivity index is 1.47. The van der Waals surface area contributed by atoms with Gasteiger partial charge < -0.3 is 20.1 Å². The predicted octanol–water partition coefficient (Wildman–Crippen LogP) is 0.639. The quantitative estimate of drug-likeness (QED) is 0.750. The highest BCUT2D eigenvalue weighted by molar-refractivity contribution is 5.97. The molecule has 1 heterocycles. The van der Waals surface area contributed by atoms with Crippen LogP contribution < -0.4 is 15.0 Å². The molecule has 2 amide bonds. The first-order chi connectivity index (χ1) is 11.1. The Morgan fingerprint density at radius 1 is 1.30 bits per heavy atom.